The van der Waals surface area contributed by atoms with E-state index in [2.05, 4.69) is 15.4 Å². The van der Waals surface area contributed by atoms with E-state index in [1.807, 2.05) is 19.9 Å². The summed E-state index contributed by atoms with van der Waals surface area (Å²) in [5, 5.41) is 5.36. The second kappa shape index (κ2) is 10.4. The van der Waals surface area contributed by atoms with E-state index in [4.69, 9.17) is 12.2 Å². The monoisotopic (exact) mass is 483 g/mol. The minimum absolute atomic E-state index is 0.0487. The molecule has 0 aliphatic heterocycles. The van der Waals surface area contributed by atoms with Crippen LogP contribution in [0.3, 0.4) is 0 Å². The molecule has 3 aromatic carbocycles. The third-order valence-electron chi connectivity index (χ3n) is 4.72. The number of hydrogen-bond donors (Lipinski definition) is 3. The molecule has 3 rings (SSSR count). The van der Waals surface area contributed by atoms with Gasteiger partial charge in [-0.05, 0) is 97.4 Å². The van der Waals surface area contributed by atoms with E-state index in [0.29, 0.717) is 16.9 Å². The molecule has 0 heterocycles. The molecule has 0 saturated carbocycles. The van der Waals surface area contributed by atoms with E-state index in [9.17, 15) is 17.6 Å². The van der Waals surface area contributed by atoms with Crippen LogP contribution in [-0.2, 0) is 14.8 Å². The summed E-state index contributed by atoms with van der Waals surface area (Å²) in [5.74, 6) is -0.824. The van der Waals surface area contributed by atoms with Crippen molar-refractivity contribution in [2.45, 2.75) is 18.7 Å². The number of rotatable bonds is 6. The van der Waals surface area contributed by atoms with Gasteiger partial charge in [-0.2, -0.15) is 0 Å². The molecular weight excluding hydrogens is 461 g/mol. The van der Waals surface area contributed by atoms with Crippen LogP contribution in [0.15, 0.2) is 77.7 Å². The lowest BCUT2D eigenvalue weighted by Crippen LogP contribution is -2.32. The number of anilines is 2. The normalized spacial score (nSPS) is 11.2. The van der Waals surface area contributed by atoms with Crippen LogP contribution in [0.1, 0.15) is 16.7 Å². The number of aryl methyl sites for hydroxylation is 2. The van der Waals surface area contributed by atoms with E-state index in [-0.39, 0.29) is 15.8 Å². The Kier molecular flexibility index (Phi) is 7.57. The average Bonchev–Trinajstić information content (AvgIpc) is 2.76. The fraction of sp³-hybridized carbons (Fsp3) is 0.0833. The maximum absolute atomic E-state index is 12.9. The third kappa shape index (κ3) is 6.96. The van der Waals surface area contributed by atoms with Crippen molar-refractivity contribution < 1.29 is 17.6 Å². The van der Waals surface area contributed by atoms with Gasteiger partial charge < -0.3 is 5.32 Å². The molecule has 0 radical (unpaired) electrons. The van der Waals surface area contributed by atoms with Crippen molar-refractivity contribution in [1.82, 2.24) is 5.32 Å². The highest BCUT2D eigenvalue weighted by molar-refractivity contribution is 7.92. The molecule has 0 unspecified atom stereocenters. The molecule has 33 heavy (non-hydrogen) atoms. The van der Waals surface area contributed by atoms with Gasteiger partial charge in [0.2, 0.25) is 5.91 Å². The first-order chi connectivity index (χ1) is 15.6. The van der Waals surface area contributed by atoms with Crippen molar-refractivity contribution in [2.24, 2.45) is 0 Å². The summed E-state index contributed by atoms with van der Waals surface area (Å²) in [5.41, 5.74) is 3.71. The van der Waals surface area contributed by atoms with Gasteiger partial charge in [0, 0.05) is 17.5 Å². The van der Waals surface area contributed by atoms with Crippen molar-refractivity contribution in [3.8, 4) is 0 Å². The molecule has 1 amide bonds. The smallest absolute Gasteiger partial charge is 0.261 e. The molecule has 3 aromatic rings. The maximum Gasteiger partial charge on any atom is 0.261 e. The van der Waals surface area contributed by atoms with E-state index in [1.54, 1.807) is 36.4 Å². The summed E-state index contributed by atoms with van der Waals surface area (Å²) >= 11 is 5.12. The van der Waals surface area contributed by atoms with Gasteiger partial charge in [-0.1, -0.05) is 18.2 Å². The Morgan fingerprint density at radius 3 is 2.18 bits per heavy atom. The quantitative estimate of drug-likeness (QED) is 0.347. The number of halogens is 1. The summed E-state index contributed by atoms with van der Waals surface area (Å²) in [6.45, 7) is 3.86. The van der Waals surface area contributed by atoms with Crippen molar-refractivity contribution in [3.05, 3.63) is 95.3 Å². The van der Waals surface area contributed by atoms with Crippen molar-refractivity contribution >= 4 is 50.7 Å². The van der Waals surface area contributed by atoms with Crippen LogP contribution < -0.4 is 15.4 Å². The zero-order chi connectivity index (χ0) is 24.0. The van der Waals surface area contributed by atoms with Gasteiger partial charge >= 0.3 is 0 Å². The minimum Gasteiger partial charge on any atom is -0.332 e. The van der Waals surface area contributed by atoms with E-state index >= 15 is 0 Å². The topological polar surface area (TPSA) is 87.3 Å². The lowest BCUT2D eigenvalue weighted by Gasteiger charge is -2.11. The summed E-state index contributed by atoms with van der Waals surface area (Å²) in [6, 6.07) is 17.0. The van der Waals surface area contributed by atoms with Crippen LogP contribution in [0.4, 0.5) is 15.8 Å². The zero-order valence-corrected chi connectivity index (χ0v) is 19.6. The van der Waals surface area contributed by atoms with Gasteiger partial charge in [0.15, 0.2) is 5.11 Å². The number of hydrogen-bond acceptors (Lipinski definition) is 4. The molecule has 6 nitrogen and oxygen atoms in total. The highest BCUT2D eigenvalue weighted by Crippen LogP contribution is 2.20. The van der Waals surface area contributed by atoms with Crippen LogP contribution >= 0.6 is 12.2 Å². The number of benzene rings is 3. The molecule has 9 heteroatoms. The fourth-order valence-electron chi connectivity index (χ4n) is 2.80. The van der Waals surface area contributed by atoms with Crippen molar-refractivity contribution in [1.29, 1.82) is 0 Å². The average molecular weight is 484 g/mol. The fourth-order valence-corrected chi connectivity index (χ4v) is 4.07. The SMILES string of the molecule is Cc1ccc(NS(=O)(=O)c2ccc(NC(=S)NC(=O)C=Cc3ccc(F)cc3)cc2)cc1C. The van der Waals surface area contributed by atoms with Gasteiger partial charge in [0.05, 0.1) is 4.90 Å². The minimum atomic E-state index is -3.76. The molecule has 0 aromatic heterocycles. The maximum atomic E-state index is 12.9. The Bertz CT molecular complexity index is 1300. The van der Waals surface area contributed by atoms with E-state index in [1.165, 1.54) is 36.4 Å². The molecule has 0 spiro atoms. The predicted molar refractivity (Wildman–Crippen MR) is 133 cm³/mol. The van der Waals surface area contributed by atoms with Gasteiger partial charge in [-0.15, -0.1) is 0 Å². The van der Waals surface area contributed by atoms with Crippen LogP contribution in [0.25, 0.3) is 6.08 Å². The molecule has 0 atom stereocenters. The second-order valence-electron chi connectivity index (χ2n) is 7.26. The Morgan fingerprint density at radius 1 is 0.909 bits per heavy atom. The lowest BCUT2D eigenvalue weighted by molar-refractivity contribution is -0.115. The first-order valence-electron chi connectivity index (χ1n) is 9.88. The van der Waals surface area contributed by atoms with E-state index in [0.717, 1.165) is 11.1 Å². The summed E-state index contributed by atoms with van der Waals surface area (Å²) in [6.07, 6.45) is 2.80. The molecule has 0 aliphatic carbocycles. The molecule has 0 fully saturated rings. The highest BCUT2D eigenvalue weighted by Gasteiger charge is 2.14. The lowest BCUT2D eigenvalue weighted by atomic mass is 10.1. The standard InChI is InChI=1S/C24H22FN3O3S2/c1-16-3-9-21(15-17(16)2)28-33(30,31)22-12-10-20(11-13-22)26-24(32)27-23(29)14-6-18-4-7-19(25)8-5-18/h3-15,28H,1-2H3,(H2,26,27,29,32). The Labute approximate surface area is 197 Å². The van der Waals surface area contributed by atoms with Crippen molar-refractivity contribution in [2.75, 3.05) is 10.0 Å². The molecule has 0 saturated heterocycles. The van der Waals surface area contributed by atoms with Crippen LogP contribution in [-0.4, -0.2) is 19.4 Å². The van der Waals surface area contributed by atoms with Crippen LogP contribution in [0.2, 0.25) is 0 Å². The summed E-state index contributed by atoms with van der Waals surface area (Å²) in [4.78, 5) is 12.1. The molecular formula is C24H22FN3O3S2. The van der Waals surface area contributed by atoms with Gasteiger partial charge in [0.1, 0.15) is 5.82 Å². The second-order valence-corrected chi connectivity index (χ2v) is 9.35. The number of carbonyl (C=O) groups excluding carboxylic acids is 1. The van der Waals surface area contributed by atoms with Gasteiger partial charge in [-0.3, -0.25) is 14.8 Å². The summed E-state index contributed by atoms with van der Waals surface area (Å²) in [7, 11) is -3.76. The van der Waals surface area contributed by atoms with Crippen LogP contribution in [0, 0.1) is 19.7 Å². The van der Waals surface area contributed by atoms with Crippen LogP contribution in [0.5, 0.6) is 0 Å². The molecule has 3 N–H and O–H groups in total. The number of carbonyl (C=O) groups is 1. The summed E-state index contributed by atoms with van der Waals surface area (Å²) < 4.78 is 40.8. The Balaban J connectivity index is 1.57. The Morgan fingerprint density at radius 2 is 1.55 bits per heavy atom. The van der Waals surface area contributed by atoms with Crippen molar-refractivity contribution in [3.63, 3.8) is 0 Å². The van der Waals surface area contributed by atoms with Gasteiger partial charge in [0.25, 0.3) is 10.0 Å². The number of nitrogens with one attached hydrogen (secondary N) is 3. The third-order valence-corrected chi connectivity index (χ3v) is 6.32. The molecule has 170 valence electrons. The Hall–Kier alpha value is -3.56. The first-order valence-corrected chi connectivity index (χ1v) is 11.8. The van der Waals surface area contributed by atoms with E-state index < -0.39 is 15.9 Å². The molecule has 0 bridgehead atoms. The number of sulfonamides is 1. The largest absolute Gasteiger partial charge is 0.332 e. The highest BCUT2D eigenvalue weighted by atomic mass is 32.2. The predicted octanol–water partition coefficient (Wildman–Crippen LogP) is 4.77. The van der Waals surface area contributed by atoms with Gasteiger partial charge in [-0.25, -0.2) is 12.8 Å². The number of amides is 1. The molecule has 0 aliphatic rings. The zero-order valence-electron chi connectivity index (χ0n) is 17.9. The first kappa shape index (κ1) is 24.1. The number of thiocarbonyl (C=S) groups is 1.